The third-order valence-corrected chi connectivity index (χ3v) is 5.27. The van der Waals surface area contributed by atoms with E-state index in [-0.39, 0.29) is 5.75 Å². The van der Waals surface area contributed by atoms with Crippen LogP contribution in [0.1, 0.15) is 5.56 Å². The number of thiazole rings is 1. The number of aromatic nitrogens is 1. The molecule has 0 amide bonds. The first-order chi connectivity index (χ1) is 12.2. The Hall–Kier alpha value is -2.58. The summed E-state index contributed by atoms with van der Waals surface area (Å²) in [5.41, 5.74) is 1.72. The molecule has 6 nitrogen and oxygen atoms in total. The maximum Gasteiger partial charge on any atom is 0.205 e. The minimum Gasteiger partial charge on any atom is -0.502 e. The number of thiophene rings is 1. The van der Waals surface area contributed by atoms with E-state index in [0.717, 1.165) is 20.9 Å². The van der Waals surface area contributed by atoms with E-state index in [1.54, 1.807) is 41.4 Å². The highest BCUT2D eigenvalue weighted by Crippen LogP contribution is 2.36. The molecule has 0 saturated heterocycles. The van der Waals surface area contributed by atoms with Crippen molar-refractivity contribution in [3.05, 3.63) is 45.4 Å². The van der Waals surface area contributed by atoms with Gasteiger partial charge in [-0.15, -0.1) is 22.7 Å². The normalized spacial score (nSPS) is 12.0. The Morgan fingerprint density at radius 1 is 1.16 bits per heavy atom. The van der Waals surface area contributed by atoms with E-state index in [1.807, 2.05) is 22.9 Å². The molecule has 3 rings (SSSR count). The van der Waals surface area contributed by atoms with E-state index < -0.39 is 0 Å². The minimum absolute atomic E-state index is 0.0335. The van der Waals surface area contributed by atoms with E-state index in [0.29, 0.717) is 11.5 Å². The molecule has 25 heavy (non-hydrogen) atoms. The van der Waals surface area contributed by atoms with Gasteiger partial charge in [-0.1, -0.05) is 6.07 Å². The van der Waals surface area contributed by atoms with Gasteiger partial charge in [-0.25, -0.2) is 4.68 Å². The fourth-order valence-corrected chi connectivity index (χ4v) is 3.87. The van der Waals surface area contributed by atoms with Crippen molar-refractivity contribution in [2.75, 3.05) is 21.3 Å². The Balaban J connectivity index is 2.05. The van der Waals surface area contributed by atoms with Gasteiger partial charge in [-0.05, 0) is 23.6 Å². The van der Waals surface area contributed by atoms with Crippen LogP contribution in [0.5, 0.6) is 17.2 Å². The molecule has 0 fully saturated rings. The monoisotopic (exact) mass is 375 g/mol. The molecule has 130 valence electrons. The topological polar surface area (TPSA) is 68.3 Å². The van der Waals surface area contributed by atoms with Gasteiger partial charge in [0.1, 0.15) is 0 Å². The van der Waals surface area contributed by atoms with Crippen molar-refractivity contribution < 1.29 is 14.6 Å². The first-order valence-corrected chi connectivity index (χ1v) is 9.10. The second-order valence-electron chi connectivity index (χ2n) is 4.93. The number of nitrogens with zero attached hydrogens (tertiary/aromatic N) is 3. The lowest BCUT2D eigenvalue weighted by molar-refractivity contribution is 0.340. The second-order valence-corrected chi connectivity index (χ2v) is 6.72. The fraction of sp³-hybridized carbons (Fsp3) is 0.176. The molecule has 1 N–H and O–H groups in total. The van der Waals surface area contributed by atoms with Gasteiger partial charge < -0.3 is 14.6 Å². The van der Waals surface area contributed by atoms with Crippen LogP contribution in [-0.2, 0) is 0 Å². The van der Waals surface area contributed by atoms with Gasteiger partial charge >= 0.3 is 0 Å². The maximum atomic E-state index is 10.0. The molecule has 0 spiro atoms. The van der Waals surface area contributed by atoms with Crippen LogP contribution in [-0.4, -0.2) is 37.3 Å². The average molecular weight is 375 g/mol. The number of rotatable bonds is 5. The maximum absolute atomic E-state index is 10.0. The van der Waals surface area contributed by atoms with Crippen LogP contribution in [0.4, 0.5) is 0 Å². The quantitative estimate of drug-likeness (QED) is 0.695. The Kier molecular flexibility index (Phi) is 5.20. The second kappa shape index (κ2) is 7.54. The number of phenols is 1. The van der Waals surface area contributed by atoms with Crippen LogP contribution in [0.3, 0.4) is 0 Å². The highest BCUT2D eigenvalue weighted by molar-refractivity contribution is 7.14. The van der Waals surface area contributed by atoms with Gasteiger partial charge in [0.05, 0.1) is 31.0 Å². The van der Waals surface area contributed by atoms with Crippen molar-refractivity contribution in [3.63, 3.8) is 0 Å². The largest absolute Gasteiger partial charge is 0.502 e. The van der Waals surface area contributed by atoms with E-state index >= 15 is 0 Å². The lowest BCUT2D eigenvalue weighted by atomic mass is 10.2. The average Bonchev–Trinajstić information content (AvgIpc) is 3.29. The number of hydrogen-bond donors (Lipinski definition) is 1. The van der Waals surface area contributed by atoms with E-state index in [9.17, 15) is 5.11 Å². The van der Waals surface area contributed by atoms with Crippen molar-refractivity contribution in [1.82, 2.24) is 4.68 Å². The molecule has 2 aromatic heterocycles. The van der Waals surface area contributed by atoms with Gasteiger partial charge in [0.15, 0.2) is 11.5 Å². The van der Waals surface area contributed by atoms with Crippen LogP contribution in [0.2, 0.25) is 0 Å². The summed E-state index contributed by atoms with van der Waals surface area (Å²) < 4.78 is 12.2. The number of methoxy groups -OCH3 is 2. The smallest absolute Gasteiger partial charge is 0.205 e. The van der Waals surface area contributed by atoms with Gasteiger partial charge in [-0.2, -0.15) is 5.10 Å². The van der Waals surface area contributed by atoms with Gasteiger partial charge in [0.25, 0.3) is 0 Å². The zero-order valence-corrected chi connectivity index (χ0v) is 15.6. The van der Waals surface area contributed by atoms with E-state index in [2.05, 4.69) is 10.1 Å². The van der Waals surface area contributed by atoms with Crippen LogP contribution in [0, 0.1) is 0 Å². The fourth-order valence-electron chi connectivity index (χ4n) is 2.27. The van der Waals surface area contributed by atoms with Crippen molar-refractivity contribution >= 4 is 28.9 Å². The van der Waals surface area contributed by atoms with E-state index in [4.69, 9.17) is 9.47 Å². The molecule has 0 bridgehead atoms. The molecule has 0 aliphatic carbocycles. The van der Waals surface area contributed by atoms with E-state index in [1.165, 1.54) is 25.6 Å². The summed E-state index contributed by atoms with van der Waals surface area (Å²) >= 11 is 3.17. The Morgan fingerprint density at radius 2 is 1.88 bits per heavy atom. The molecule has 2 heterocycles. The molecular weight excluding hydrogens is 358 g/mol. The van der Waals surface area contributed by atoms with Crippen molar-refractivity contribution in [1.29, 1.82) is 0 Å². The first-order valence-electron chi connectivity index (χ1n) is 7.34. The zero-order valence-electron chi connectivity index (χ0n) is 14.0. The highest BCUT2D eigenvalue weighted by atomic mass is 32.1. The highest BCUT2D eigenvalue weighted by Gasteiger charge is 2.11. The zero-order chi connectivity index (χ0) is 17.8. The van der Waals surface area contributed by atoms with Gasteiger partial charge in [0.2, 0.25) is 10.6 Å². The molecule has 0 aliphatic heterocycles. The number of hydrogen-bond acceptors (Lipinski definition) is 7. The summed E-state index contributed by atoms with van der Waals surface area (Å²) in [6, 6.07) is 7.44. The first kappa shape index (κ1) is 17.2. The summed E-state index contributed by atoms with van der Waals surface area (Å²) in [7, 11) is 4.72. The van der Waals surface area contributed by atoms with Crippen LogP contribution >= 0.6 is 22.7 Å². The molecule has 8 heteroatoms. The van der Waals surface area contributed by atoms with Crippen molar-refractivity contribution in [2.45, 2.75) is 0 Å². The predicted octanol–water partition coefficient (Wildman–Crippen LogP) is 3.41. The SMILES string of the molecule is CN=c1scc(-c2cccs2)n1/N=C/c1cc(OC)c(O)c(OC)c1. The molecule has 0 unspecified atom stereocenters. The molecule has 0 atom stereocenters. The van der Waals surface area contributed by atoms with Crippen LogP contribution in [0.25, 0.3) is 10.6 Å². The Bertz CT molecular complexity index is 931. The van der Waals surface area contributed by atoms with Crippen molar-refractivity contribution in [2.24, 2.45) is 10.1 Å². The van der Waals surface area contributed by atoms with Crippen molar-refractivity contribution in [3.8, 4) is 27.8 Å². The molecule has 0 saturated carbocycles. The summed E-state index contributed by atoms with van der Waals surface area (Å²) in [5, 5.41) is 18.6. The lowest BCUT2D eigenvalue weighted by Gasteiger charge is -2.09. The molecule has 0 aliphatic rings. The Labute approximate surface area is 152 Å². The summed E-state index contributed by atoms with van der Waals surface area (Å²) in [6.45, 7) is 0. The number of phenolic OH excluding ortho intramolecular Hbond substituents is 1. The van der Waals surface area contributed by atoms with Crippen LogP contribution in [0.15, 0.2) is 45.1 Å². The molecule has 0 radical (unpaired) electrons. The summed E-state index contributed by atoms with van der Waals surface area (Å²) in [6.07, 6.45) is 1.68. The molecule has 1 aromatic carbocycles. The Morgan fingerprint density at radius 3 is 2.44 bits per heavy atom. The summed E-state index contributed by atoms with van der Waals surface area (Å²) in [5.74, 6) is 0.624. The standard InChI is InChI=1S/C17H17N3O3S2/c1-18-17-20(12(10-25-17)15-5-4-6-24-15)19-9-11-7-13(22-2)16(21)14(8-11)23-3/h4-10,21H,1-3H3/b18-17?,19-9+. The van der Waals surface area contributed by atoms with Crippen LogP contribution < -0.4 is 14.3 Å². The number of ether oxygens (including phenoxy) is 2. The number of benzene rings is 1. The third-order valence-electron chi connectivity index (χ3n) is 3.47. The lowest BCUT2D eigenvalue weighted by Crippen LogP contribution is -2.11. The molecule has 3 aromatic rings. The third kappa shape index (κ3) is 3.45. The predicted molar refractivity (Wildman–Crippen MR) is 101 cm³/mol. The molecular formula is C17H17N3O3S2. The number of aromatic hydroxyl groups is 1. The van der Waals surface area contributed by atoms with Gasteiger partial charge in [0, 0.05) is 18.0 Å². The minimum atomic E-state index is -0.0335. The van der Waals surface area contributed by atoms with Gasteiger partial charge in [-0.3, -0.25) is 4.99 Å². The summed E-state index contributed by atoms with van der Waals surface area (Å²) in [4.78, 5) is 6.18.